The van der Waals surface area contributed by atoms with Crippen LogP contribution in [0, 0.1) is 5.92 Å². The van der Waals surface area contributed by atoms with Gasteiger partial charge in [0.05, 0.1) is 11.1 Å². The molecular formula is C9H10Cl+. The first kappa shape index (κ1) is 7.49. The van der Waals surface area contributed by atoms with Gasteiger partial charge in [0, 0.05) is 25.8 Å². The van der Waals surface area contributed by atoms with Gasteiger partial charge in [0.25, 0.3) is 0 Å². The molecule has 0 radical (unpaired) electrons. The van der Waals surface area contributed by atoms with Gasteiger partial charge in [-0.15, -0.1) is 0 Å². The Morgan fingerprint density at radius 2 is 2.00 bits per heavy atom. The fourth-order valence-electron chi connectivity index (χ4n) is 0.799. The maximum absolute atomic E-state index is 5.78. The molecule has 0 aliphatic carbocycles. The van der Waals surface area contributed by atoms with E-state index in [0.717, 1.165) is 5.02 Å². The van der Waals surface area contributed by atoms with Crippen LogP contribution in [0.5, 0.6) is 0 Å². The van der Waals surface area contributed by atoms with Crippen LogP contribution in [-0.4, -0.2) is 0 Å². The Morgan fingerprint density at radius 3 is 2.40 bits per heavy atom. The van der Waals surface area contributed by atoms with Crippen LogP contribution in [0.1, 0.15) is 19.4 Å². The summed E-state index contributed by atoms with van der Waals surface area (Å²) in [5, 5.41) is 0.804. The molecule has 1 aromatic rings. The third-order valence-electron chi connectivity index (χ3n) is 1.40. The Balaban J connectivity index is 2.96. The minimum Gasteiger partial charge on any atom is -0.0682 e. The Kier molecular flexibility index (Phi) is 2.23. The van der Waals surface area contributed by atoms with Gasteiger partial charge in [0.15, 0.2) is 0 Å². The van der Waals surface area contributed by atoms with Crippen molar-refractivity contribution in [1.29, 1.82) is 0 Å². The molecule has 0 N–H and O–H groups in total. The van der Waals surface area contributed by atoms with Crippen LogP contribution >= 0.6 is 11.6 Å². The zero-order chi connectivity index (χ0) is 7.56. The van der Waals surface area contributed by atoms with Gasteiger partial charge in [-0.3, -0.25) is 0 Å². The van der Waals surface area contributed by atoms with Crippen molar-refractivity contribution in [1.82, 2.24) is 0 Å². The molecule has 0 heterocycles. The van der Waals surface area contributed by atoms with E-state index in [1.807, 2.05) is 18.2 Å². The predicted molar refractivity (Wildman–Crippen MR) is 45.1 cm³/mol. The standard InChI is InChI=1S/C9H10Cl/c1-7(2)8-4-3-5-9(10)6-8/h3-6H,1-2H3/q+1. The smallest absolute Gasteiger partial charge is 0.0682 e. The molecule has 1 aromatic carbocycles. The van der Waals surface area contributed by atoms with E-state index in [1.165, 1.54) is 11.5 Å². The summed E-state index contributed by atoms with van der Waals surface area (Å²) < 4.78 is 0. The molecule has 0 unspecified atom stereocenters. The molecule has 0 aromatic heterocycles. The summed E-state index contributed by atoms with van der Waals surface area (Å²) in [7, 11) is 0. The summed E-state index contributed by atoms with van der Waals surface area (Å²) in [6.07, 6.45) is 0. The molecule has 0 fully saturated rings. The molecule has 10 heavy (non-hydrogen) atoms. The van der Waals surface area contributed by atoms with Crippen molar-refractivity contribution in [2.24, 2.45) is 0 Å². The topological polar surface area (TPSA) is 0 Å². The lowest BCUT2D eigenvalue weighted by atomic mass is 10.0. The van der Waals surface area contributed by atoms with Crippen LogP contribution in [0.25, 0.3) is 0 Å². The summed E-state index contributed by atoms with van der Waals surface area (Å²) in [4.78, 5) is 0. The second kappa shape index (κ2) is 2.98. The number of benzene rings is 1. The van der Waals surface area contributed by atoms with E-state index in [9.17, 15) is 0 Å². The van der Waals surface area contributed by atoms with E-state index in [-0.39, 0.29) is 0 Å². The van der Waals surface area contributed by atoms with E-state index in [0.29, 0.717) is 0 Å². The van der Waals surface area contributed by atoms with Gasteiger partial charge in [0.1, 0.15) is 5.56 Å². The van der Waals surface area contributed by atoms with Crippen LogP contribution in [0.4, 0.5) is 0 Å². The van der Waals surface area contributed by atoms with E-state index in [1.54, 1.807) is 0 Å². The fourth-order valence-corrected chi connectivity index (χ4v) is 0.990. The van der Waals surface area contributed by atoms with Crippen molar-refractivity contribution in [3.63, 3.8) is 0 Å². The van der Waals surface area contributed by atoms with E-state index in [2.05, 4.69) is 19.9 Å². The SMILES string of the molecule is C[C+](C)c1cccc(Cl)c1. The molecule has 0 nitrogen and oxygen atoms in total. The van der Waals surface area contributed by atoms with Crippen molar-refractivity contribution >= 4 is 11.6 Å². The highest BCUT2D eigenvalue weighted by Crippen LogP contribution is 2.17. The van der Waals surface area contributed by atoms with Gasteiger partial charge in [-0.1, -0.05) is 11.6 Å². The van der Waals surface area contributed by atoms with Crippen molar-refractivity contribution < 1.29 is 0 Å². The Morgan fingerprint density at radius 1 is 1.30 bits per heavy atom. The Labute approximate surface area is 66.8 Å². The average Bonchev–Trinajstić information content (AvgIpc) is 1.88. The number of hydrogen-bond acceptors (Lipinski definition) is 0. The molecule has 52 valence electrons. The summed E-state index contributed by atoms with van der Waals surface area (Å²) in [5.74, 6) is 1.29. The fraction of sp³-hybridized carbons (Fsp3) is 0.222. The van der Waals surface area contributed by atoms with Gasteiger partial charge in [-0.2, -0.15) is 0 Å². The van der Waals surface area contributed by atoms with Gasteiger partial charge in [-0.25, -0.2) is 0 Å². The van der Waals surface area contributed by atoms with Crippen LogP contribution in [0.15, 0.2) is 24.3 Å². The molecule has 0 bridgehead atoms. The highest BCUT2D eigenvalue weighted by atomic mass is 35.5. The molecule has 0 saturated carbocycles. The quantitative estimate of drug-likeness (QED) is 0.543. The normalized spacial score (nSPS) is 9.50. The average molecular weight is 154 g/mol. The molecule has 0 aliphatic heterocycles. The van der Waals surface area contributed by atoms with Crippen molar-refractivity contribution in [3.8, 4) is 0 Å². The van der Waals surface area contributed by atoms with E-state index in [4.69, 9.17) is 11.6 Å². The molecule has 0 spiro atoms. The third-order valence-corrected chi connectivity index (χ3v) is 1.64. The van der Waals surface area contributed by atoms with Crippen LogP contribution in [0.3, 0.4) is 0 Å². The Bertz CT molecular complexity index is 216. The molecule has 0 aliphatic rings. The largest absolute Gasteiger partial charge is 0.133 e. The van der Waals surface area contributed by atoms with Gasteiger partial charge >= 0.3 is 0 Å². The molecule has 0 amide bonds. The molecular weight excluding hydrogens is 144 g/mol. The second-order valence-corrected chi connectivity index (χ2v) is 2.95. The maximum atomic E-state index is 5.78. The monoisotopic (exact) mass is 153 g/mol. The zero-order valence-electron chi connectivity index (χ0n) is 6.19. The predicted octanol–water partition coefficient (Wildman–Crippen LogP) is 3.30. The summed E-state index contributed by atoms with van der Waals surface area (Å²) in [6.45, 7) is 4.15. The van der Waals surface area contributed by atoms with Crippen LogP contribution in [0.2, 0.25) is 5.02 Å². The first-order chi connectivity index (χ1) is 4.70. The van der Waals surface area contributed by atoms with E-state index < -0.39 is 0 Å². The lowest BCUT2D eigenvalue weighted by Gasteiger charge is -1.94. The molecule has 1 rings (SSSR count). The van der Waals surface area contributed by atoms with Crippen molar-refractivity contribution in [2.45, 2.75) is 13.8 Å². The summed E-state index contributed by atoms with van der Waals surface area (Å²) in [6, 6.07) is 7.87. The number of rotatable bonds is 1. The zero-order valence-corrected chi connectivity index (χ0v) is 6.94. The molecule has 0 saturated heterocycles. The number of hydrogen-bond donors (Lipinski definition) is 0. The second-order valence-electron chi connectivity index (χ2n) is 2.51. The summed E-state index contributed by atoms with van der Waals surface area (Å²) in [5.41, 5.74) is 1.22. The van der Waals surface area contributed by atoms with Gasteiger partial charge < -0.3 is 0 Å². The van der Waals surface area contributed by atoms with Crippen molar-refractivity contribution in [2.75, 3.05) is 0 Å². The molecule has 0 atom stereocenters. The first-order valence-electron chi connectivity index (χ1n) is 3.26. The van der Waals surface area contributed by atoms with Gasteiger partial charge in [-0.05, 0) is 12.1 Å². The minimum absolute atomic E-state index is 0.804. The lowest BCUT2D eigenvalue weighted by Crippen LogP contribution is -1.85. The highest BCUT2D eigenvalue weighted by molar-refractivity contribution is 6.30. The van der Waals surface area contributed by atoms with E-state index >= 15 is 0 Å². The first-order valence-corrected chi connectivity index (χ1v) is 3.64. The van der Waals surface area contributed by atoms with Crippen LogP contribution < -0.4 is 0 Å². The highest BCUT2D eigenvalue weighted by Gasteiger charge is 2.06. The Hall–Kier alpha value is -0.620. The number of halogens is 1. The molecule has 1 heteroatoms. The van der Waals surface area contributed by atoms with Gasteiger partial charge in [0.2, 0.25) is 0 Å². The van der Waals surface area contributed by atoms with Crippen LogP contribution in [-0.2, 0) is 0 Å². The third kappa shape index (κ3) is 1.68. The van der Waals surface area contributed by atoms with Crippen molar-refractivity contribution in [3.05, 3.63) is 40.8 Å². The lowest BCUT2D eigenvalue weighted by molar-refractivity contribution is 1.15. The minimum atomic E-state index is 0.804. The summed E-state index contributed by atoms with van der Waals surface area (Å²) >= 11 is 5.78. The maximum Gasteiger partial charge on any atom is 0.133 e.